The molecular weight excluding hydrogens is 386 g/mol. The average Bonchev–Trinajstić information content (AvgIpc) is 2.78. The van der Waals surface area contributed by atoms with Crippen LogP contribution in [-0.4, -0.2) is 41.8 Å². The molecule has 31 heavy (non-hydrogen) atoms. The maximum absolute atomic E-state index is 6.45. The third-order valence-corrected chi connectivity index (χ3v) is 5.69. The summed E-state index contributed by atoms with van der Waals surface area (Å²) in [4.78, 5) is 11.8. The van der Waals surface area contributed by atoms with E-state index in [-0.39, 0.29) is 6.04 Å². The van der Waals surface area contributed by atoms with E-state index in [1.54, 1.807) is 6.20 Å². The summed E-state index contributed by atoms with van der Waals surface area (Å²) in [6.45, 7) is 4.00. The van der Waals surface area contributed by atoms with Gasteiger partial charge in [0.05, 0.1) is 17.3 Å². The van der Waals surface area contributed by atoms with Crippen molar-refractivity contribution < 1.29 is 4.74 Å². The molecule has 0 aliphatic carbocycles. The number of para-hydroxylation sites is 1. The van der Waals surface area contributed by atoms with E-state index in [4.69, 9.17) is 21.2 Å². The van der Waals surface area contributed by atoms with Gasteiger partial charge < -0.3 is 21.1 Å². The van der Waals surface area contributed by atoms with Crippen LogP contribution >= 0.6 is 0 Å². The number of nitrogen functional groups attached to an aromatic ring is 2. The van der Waals surface area contributed by atoms with Gasteiger partial charge in [-0.25, -0.2) is 4.98 Å². The van der Waals surface area contributed by atoms with E-state index in [9.17, 15) is 0 Å². The third kappa shape index (κ3) is 4.86. The standard InChI is InChI=1S/C25H29N5O/c1-17-16-28-25(27)22(23(17)26)24(29-19-12-14-30(2)15-13-19)18-8-10-21(11-9-18)31-20-6-4-3-5-7-20/h3-11,16,19H,12-15H2,1-2H3,(H4,26,27,28)/b29-24-. The Morgan fingerprint density at radius 2 is 1.65 bits per heavy atom. The maximum atomic E-state index is 6.45. The number of anilines is 2. The second-order valence-corrected chi connectivity index (χ2v) is 8.07. The molecular formula is C25H29N5O. The van der Waals surface area contributed by atoms with Crippen LogP contribution in [0.1, 0.15) is 29.5 Å². The fraction of sp³-hybridized carbons (Fsp3) is 0.280. The lowest BCUT2D eigenvalue weighted by Gasteiger charge is -2.27. The third-order valence-electron chi connectivity index (χ3n) is 5.69. The summed E-state index contributed by atoms with van der Waals surface area (Å²) in [7, 11) is 2.15. The molecule has 1 aliphatic rings. The Bertz CT molecular complexity index is 1060. The smallest absolute Gasteiger partial charge is 0.134 e. The predicted octanol–water partition coefficient (Wildman–Crippen LogP) is 4.28. The van der Waals surface area contributed by atoms with Gasteiger partial charge in [0.25, 0.3) is 0 Å². The van der Waals surface area contributed by atoms with Gasteiger partial charge in [0.15, 0.2) is 0 Å². The van der Waals surface area contributed by atoms with Crippen molar-refractivity contribution in [2.75, 3.05) is 31.6 Å². The van der Waals surface area contributed by atoms with Gasteiger partial charge in [0.1, 0.15) is 17.3 Å². The average molecular weight is 416 g/mol. The Morgan fingerprint density at radius 3 is 2.32 bits per heavy atom. The van der Waals surface area contributed by atoms with Crippen molar-refractivity contribution in [2.24, 2.45) is 4.99 Å². The molecule has 6 heteroatoms. The minimum atomic E-state index is 0.228. The van der Waals surface area contributed by atoms with E-state index in [0.29, 0.717) is 11.5 Å². The highest BCUT2D eigenvalue weighted by Crippen LogP contribution is 2.28. The molecule has 1 aliphatic heterocycles. The van der Waals surface area contributed by atoms with E-state index in [1.807, 2.05) is 61.5 Å². The zero-order valence-electron chi connectivity index (χ0n) is 18.1. The van der Waals surface area contributed by atoms with Gasteiger partial charge in [-0.1, -0.05) is 18.2 Å². The van der Waals surface area contributed by atoms with Gasteiger partial charge >= 0.3 is 0 Å². The molecule has 0 radical (unpaired) electrons. The normalized spacial score (nSPS) is 15.7. The highest BCUT2D eigenvalue weighted by Gasteiger charge is 2.21. The summed E-state index contributed by atoms with van der Waals surface area (Å²) in [5, 5.41) is 0. The summed E-state index contributed by atoms with van der Waals surface area (Å²) >= 11 is 0. The topological polar surface area (TPSA) is 89.8 Å². The number of ether oxygens (including phenoxy) is 1. The Morgan fingerprint density at radius 1 is 1.00 bits per heavy atom. The molecule has 1 aromatic heterocycles. The predicted molar refractivity (Wildman–Crippen MR) is 127 cm³/mol. The molecule has 6 nitrogen and oxygen atoms in total. The van der Waals surface area contributed by atoms with Crippen molar-refractivity contribution in [3.05, 3.63) is 77.5 Å². The fourth-order valence-electron chi connectivity index (χ4n) is 3.78. The number of benzene rings is 2. The molecule has 2 heterocycles. The lowest BCUT2D eigenvalue weighted by atomic mass is 9.98. The van der Waals surface area contributed by atoms with Crippen LogP contribution in [0.25, 0.3) is 0 Å². The molecule has 3 aromatic rings. The van der Waals surface area contributed by atoms with Crippen LogP contribution in [0.2, 0.25) is 0 Å². The molecule has 0 unspecified atom stereocenters. The monoisotopic (exact) mass is 415 g/mol. The van der Waals surface area contributed by atoms with Crippen molar-refractivity contribution in [3.63, 3.8) is 0 Å². The number of nitrogens with two attached hydrogens (primary N) is 2. The minimum absolute atomic E-state index is 0.228. The van der Waals surface area contributed by atoms with E-state index < -0.39 is 0 Å². The number of hydrogen-bond acceptors (Lipinski definition) is 6. The van der Waals surface area contributed by atoms with Crippen LogP contribution in [0.15, 0.2) is 65.8 Å². The first-order chi connectivity index (χ1) is 15.0. The Labute approximate surface area is 183 Å². The van der Waals surface area contributed by atoms with E-state index in [0.717, 1.165) is 59.8 Å². The van der Waals surface area contributed by atoms with E-state index in [2.05, 4.69) is 16.9 Å². The minimum Gasteiger partial charge on any atom is -0.457 e. The summed E-state index contributed by atoms with van der Waals surface area (Å²) in [6.07, 6.45) is 3.72. The fourth-order valence-corrected chi connectivity index (χ4v) is 3.78. The number of hydrogen-bond donors (Lipinski definition) is 2. The number of aryl methyl sites for hydroxylation is 1. The molecule has 1 fully saturated rings. The summed E-state index contributed by atoms with van der Waals surface area (Å²) in [6, 6.07) is 17.9. The molecule has 4 rings (SSSR count). The van der Waals surface area contributed by atoms with E-state index in [1.165, 1.54) is 0 Å². The number of piperidine rings is 1. The van der Waals surface area contributed by atoms with Gasteiger partial charge in [-0.3, -0.25) is 4.99 Å². The number of pyridine rings is 1. The summed E-state index contributed by atoms with van der Waals surface area (Å²) in [5.74, 6) is 1.96. The Balaban J connectivity index is 1.70. The molecule has 1 saturated heterocycles. The zero-order valence-corrected chi connectivity index (χ0v) is 18.1. The SMILES string of the molecule is Cc1cnc(N)c(/C(=N\C2CCN(C)CC2)c2ccc(Oc3ccccc3)cc2)c1N. The first-order valence-electron chi connectivity index (χ1n) is 10.6. The molecule has 160 valence electrons. The Hall–Kier alpha value is -3.38. The number of aliphatic imine (C=N–C) groups is 1. The number of aromatic nitrogens is 1. The second-order valence-electron chi connectivity index (χ2n) is 8.07. The molecule has 0 spiro atoms. The van der Waals surface area contributed by atoms with Gasteiger partial charge in [-0.15, -0.1) is 0 Å². The molecule has 0 saturated carbocycles. The maximum Gasteiger partial charge on any atom is 0.134 e. The van der Waals surface area contributed by atoms with Crippen LogP contribution in [0.5, 0.6) is 11.5 Å². The molecule has 0 bridgehead atoms. The number of nitrogens with zero attached hydrogens (tertiary/aromatic N) is 3. The summed E-state index contributed by atoms with van der Waals surface area (Å²) < 4.78 is 5.94. The van der Waals surface area contributed by atoms with Crippen LogP contribution in [-0.2, 0) is 0 Å². The molecule has 2 aromatic carbocycles. The summed E-state index contributed by atoms with van der Waals surface area (Å²) in [5.41, 5.74) is 16.7. The number of rotatable bonds is 5. The molecule has 4 N–H and O–H groups in total. The highest BCUT2D eigenvalue weighted by atomic mass is 16.5. The first-order valence-corrected chi connectivity index (χ1v) is 10.6. The van der Waals surface area contributed by atoms with Crippen LogP contribution in [0.3, 0.4) is 0 Å². The lowest BCUT2D eigenvalue weighted by molar-refractivity contribution is 0.257. The van der Waals surface area contributed by atoms with E-state index >= 15 is 0 Å². The molecule has 0 amide bonds. The highest BCUT2D eigenvalue weighted by molar-refractivity contribution is 6.18. The van der Waals surface area contributed by atoms with Crippen molar-refractivity contribution in [1.82, 2.24) is 9.88 Å². The van der Waals surface area contributed by atoms with Crippen molar-refractivity contribution >= 4 is 17.2 Å². The van der Waals surface area contributed by atoms with Crippen molar-refractivity contribution in [1.29, 1.82) is 0 Å². The Kier molecular flexibility index (Phi) is 6.18. The van der Waals surface area contributed by atoms with Crippen molar-refractivity contribution in [2.45, 2.75) is 25.8 Å². The quantitative estimate of drug-likeness (QED) is 0.607. The van der Waals surface area contributed by atoms with Crippen LogP contribution in [0.4, 0.5) is 11.5 Å². The van der Waals surface area contributed by atoms with Crippen LogP contribution in [0, 0.1) is 6.92 Å². The number of likely N-dealkylation sites (tertiary alicyclic amines) is 1. The van der Waals surface area contributed by atoms with Gasteiger partial charge in [0.2, 0.25) is 0 Å². The van der Waals surface area contributed by atoms with Crippen LogP contribution < -0.4 is 16.2 Å². The van der Waals surface area contributed by atoms with Crippen molar-refractivity contribution in [3.8, 4) is 11.5 Å². The second kappa shape index (κ2) is 9.18. The molecule has 0 atom stereocenters. The first kappa shape index (κ1) is 20.9. The van der Waals surface area contributed by atoms with Gasteiger partial charge in [0, 0.05) is 17.4 Å². The van der Waals surface area contributed by atoms with Gasteiger partial charge in [-0.05, 0) is 81.9 Å². The zero-order chi connectivity index (χ0) is 21.8. The van der Waals surface area contributed by atoms with Gasteiger partial charge in [-0.2, -0.15) is 0 Å². The lowest BCUT2D eigenvalue weighted by Crippen LogP contribution is -2.32. The largest absolute Gasteiger partial charge is 0.457 e.